The Morgan fingerprint density at radius 1 is 0.364 bits per heavy atom. The molecule has 0 atom stereocenters. The summed E-state index contributed by atoms with van der Waals surface area (Å²) in [6, 6.07) is 68.4. The van der Waals surface area contributed by atoms with E-state index in [0.29, 0.717) is 23.1 Å². The second-order valence-corrected chi connectivity index (χ2v) is 18.1. The molecule has 6 nitrogen and oxygen atoms in total. The molecule has 0 saturated heterocycles. The van der Waals surface area contributed by atoms with Gasteiger partial charge in [0.05, 0.1) is 22.3 Å². The maximum Gasteiger partial charge on any atom is 0.170 e. The summed E-state index contributed by atoms with van der Waals surface area (Å²) in [5, 5.41) is 13.4. The van der Waals surface area contributed by atoms with Gasteiger partial charge in [-0.3, -0.25) is 0 Å². The average molecular weight is 861 g/mol. The summed E-state index contributed by atoms with van der Waals surface area (Å²) in [7, 11) is 0. The number of benzene rings is 10. The summed E-state index contributed by atoms with van der Waals surface area (Å²) in [5.74, 6) is 1.63. The minimum atomic E-state index is 0.507. The molecule has 0 radical (unpaired) electrons. The molecule has 0 saturated carbocycles. The van der Waals surface area contributed by atoms with Crippen molar-refractivity contribution in [1.29, 1.82) is 0 Å². The summed E-state index contributed by atoms with van der Waals surface area (Å²) < 4.78 is 18.3. The third-order valence-electron chi connectivity index (χ3n) is 13.4. The van der Waals surface area contributed by atoms with Gasteiger partial charge < -0.3 is 13.4 Å². The Labute approximate surface area is 379 Å². The van der Waals surface area contributed by atoms with E-state index in [1.54, 1.807) is 11.3 Å². The summed E-state index contributed by atoms with van der Waals surface area (Å²) >= 11 is 1.78. The Balaban J connectivity index is 1.12. The van der Waals surface area contributed by atoms with Crippen molar-refractivity contribution in [2.75, 3.05) is 0 Å². The van der Waals surface area contributed by atoms with Crippen LogP contribution in [0.1, 0.15) is 0 Å². The molecule has 0 aliphatic rings. The molecule has 0 spiro atoms. The van der Waals surface area contributed by atoms with Crippen LogP contribution in [0.15, 0.2) is 203 Å². The smallest absolute Gasteiger partial charge is 0.170 e. The molecule has 0 N–H and O–H groups in total. The molecule has 0 fully saturated rings. The normalized spacial score (nSPS) is 12.2. The maximum atomic E-state index is 7.04. The topological polar surface area (TPSA) is 69.9 Å². The van der Waals surface area contributed by atoms with E-state index in [1.807, 2.05) is 42.5 Å². The first-order chi connectivity index (χ1) is 32.7. The minimum Gasteiger partial charge on any atom is -0.456 e. The van der Waals surface area contributed by atoms with Crippen molar-refractivity contribution in [3.63, 3.8) is 0 Å². The van der Waals surface area contributed by atoms with E-state index in [1.165, 1.54) is 41.7 Å². The van der Waals surface area contributed by atoms with Gasteiger partial charge in [-0.05, 0) is 82.2 Å². The lowest BCUT2D eigenvalue weighted by Crippen LogP contribution is -2.04. The second kappa shape index (κ2) is 13.4. The monoisotopic (exact) mass is 860 g/mol. The summed E-state index contributed by atoms with van der Waals surface area (Å²) in [6.07, 6.45) is 0. The molecule has 0 aliphatic heterocycles. The molecule has 0 unspecified atom stereocenters. The Kier molecular flexibility index (Phi) is 7.28. The highest BCUT2D eigenvalue weighted by atomic mass is 32.1. The van der Waals surface area contributed by atoms with E-state index in [2.05, 4.69) is 156 Å². The zero-order valence-electron chi connectivity index (χ0n) is 35.0. The van der Waals surface area contributed by atoms with E-state index in [9.17, 15) is 0 Å². The fraction of sp³-hybridized carbons (Fsp3) is 0. The van der Waals surface area contributed by atoms with Gasteiger partial charge in [0.15, 0.2) is 17.5 Å². The van der Waals surface area contributed by atoms with Gasteiger partial charge in [-0.25, -0.2) is 15.0 Å². The van der Waals surface area contributed by atoms with Crippen molar-refractivity contribution >= 4 is 119 Å². The van der Waals surface area contributed by atoms with Crippen molar-refractivity contribution in [2.24, 2.45) is 0 Å². The Morgan fingerprint density at radius 2 is 0.985 bits per heavy atom. The Bertz CT molecular complexity index is 4420. The van der Waals surface area contributed by atoms with Crippen molar-refractivity contribution in [1.82, 2.24) is 19.5 Å². The van der Waals surface area contributed by atoms with Crippen molar-refractivity contribution in [3.05, 3.63) is 194 Å². The quantitative estimate of drug-likeness (QED) is 0.176. The standard InChI is InChI=1S/C59H32N4O2S/c1-2-15-35-32-46-43(31-34(35)14-1)52-36-16-4-3-13-33(36)27-29-44(52)63(46)45-30-28-38-37-17-5-8-22-47(37)65-56(38)55(45)59-61-57(41-20-11-24-49-53(41)39-18-6-9-23-48(39)64-49)60-58(62-59)42-21-12-26-51-54(42)40-19-7-10-25-50(40)66-51/h1-32H. The average Bonchev–Trinajstić information content (AvgIpc) is 4.14. The Hall–Kier alpha value is -8.65. The van der Waals surface area contributed by atoms with Crippen molar-refractivity contribution in [3.8, 4) is 39.9 Å². The lowest BCUT2D eigenvalue weighted by Gasteiger charge is -2.16. The first-order valence-electron chi connectivity index (χ1n) is 22.1. The third kappa shape index (κ3) is 5.03. The van der Waals surface area contributed by atoms with Gasteiger partial charge in [0.2, 0.25) is 0 Å². The lowest BCUT2D eigenvalue weighted by molar-refractivity contribution is 0.668. The number of aromatic nitrogens is 4. The van der Waals surface area contributed by atoms with E-state index < -0.39 is 0 Å². The van der Waals surface area contributed by atoms with Crippen molar-refractivity contribution < 1.29 is 8.83 Å². The third-order valence-corrected chi connectivity index (χ3v) is 14.6. The molecular weight excluding hydrogens is 829 g/mol. The Morgan fingerprint density at radius 3 is 1.82 bits per heavy atom. The number of hydrogen-bond acceptors (Lipinski definition) is 6. The molecule has 15 aromatic rings. The highest BCUT2D eigenvalue weighted by Gasteiger charge is 2.27. The fourth-order valence-electron chi connectivity index (χ4n) is 10.6. The van der Waals surface area contributed by atoms with Crippen LogP contribution in [0.2, 0.25) is 0 Å². The molecule has 0 bridgehead atoms. The first-order valence-corrected chi connectivity index (χ1v) is 22.9. The summed E-state index contributed by atoms with van der Waals surface area (Å²) in [5.41, 5.74) is 8.72. The molecular formula is C59H32N4O2S. The predicted octanol–water partition coefficient (Wildman–Crippen LogP) is 16.4. The number of para-hydroxylation sites is 2. The number of fused-ring (bicyclic) bond motifs is 15. The van der Waals surface area contributed by atoms with Crippen LogP contribution in [0, 0.1) is 0 Å². The molecule has 0 amide bonds. The SMILES string of the molecule is c1ccc2cc3c(cc2c1)c1c2ccccc2ccc1n3-c1ccc2c(oc3ccccc32)c1-c1nc(-c2cccc3oc4ccccc4c23)nc(-c2cccc3sc4ccccc4c23)n1. The maximum absolute atomic E-state index is 7.04. The minimum absolute atomic E-state index is 0.507. The van der Waals surface area contributed by atoms with E-state index in [4.69, 9.17) is 23.8 Å². The van der Waals surface area contributed by atoms with E-state index in [-0.39, 0.29) is 0 Å². The second-order valence-electron chi connectivity index (χ2n) is 17.0. The summed E-state index contributed by atoms with van der Waals surface area (Å²) in [4.78, 5) is 16.6. The van der Waals surface area contributed by atoms with E-state index >= 15 is 0 Å². The van der Waals surface area contributed by atoms with Crippen LogP contribution in [-0.4, -0.2) is 19.5 Å². The lowest BCUT2D eigenvalue weighted by atomic mass is 10.0. The fourth-order valence-corrected chi connectivity index (χ4v) is 11.7. The molecule has 5 aromatic heterocycles. The van der Waals surface area contributed by atoms with Crippen LogP contribution in [0.5, 0.6) is 0 Å². The zero-order valence-corrected chi connectivity index (χ0v) is 35.8. The number of hydrogen-bond donors (Lipinski definition) is 0. The van der Waals surface area contributed by atoms with Crippen LogP contribution < -0.4 is 0 Å². The number of rotatable bonds is 4. The molecule has 15 rings (SSSR count). The molecule has 66 heavy (non-hydrogen) atoms. The molecule has 10 aromatic carbocycles. The van der Waals surface area contributed by atoms with Gasteiger partial charge in [-0.1, -0.05) is 133 Å². The zero-order chi connectivity index (χ0) is 43.0. The predicted molar refractivity (Wildman–Crippen MR) is 273 cm³/mol. The van der Waals surface area contributed by atoms with Gasteiger partial charge in [0.25, 0.3) is 0 Å². The van der Waals surface area contributed by atoms with Gasteiger partial charge in [-0.2, -0.15) is 0 Å². The highest BCUT2D eigenvalue weighted by Crippen LogP contribution is 2.46. The van der Waals surface area contributed by atoms with E-state index in [0.717, 1.165) is 82.5 Å². The number of furan rings is 2. The summed E-state index contributed by atoms with van der Waals surface area (Å²) in [6.45, 7) is 0. The first kappa shape index (κ1) is 35.8. The van der Waals surface area contributed by atoms with Gasteiger partial charge in [-0.15, -0.1) is 11.3 Å². The van der Waals surface area contributed by atoms with Crippen molar-refractivity contribution in [2.45, 2.75) is 0 Å². The van der Waals surface area contributed by atoms with Gasteiger partial charge in [0, 0.05) is 63.6 Å². The largest absolute Gasteiger partial charge is 0.456 e. The van der Waals surface area contributed by atoms with Gasteiger partial charge in [0.1, 0.15) is 22.3 Å². The number of nitrogens with zero attached hydrogens (tertiary/aromatic N) is 4. The molecule has 306 valence electrons. The highest BCUT2D eigenvalue weighted by molar-refractivity contribution is 7.25. The number of thiophene rings is 1. The van der Waals surface area contributed by atoms with Crippen LogP contribution >= 0.6 is 11.3 Å². The van der Waals surface area contributed by atoms with Gasteiger partial charge >= 0.3 is 0 Å². The van der Waals surface area contributed by atoms with Crippen LogP contribution in [0.25, 0.3) is 147 Å². The molecule has 0 aliphatic carbocycles. The molecule has 7 heteroatoms. The van der Waals surface area contributed by atoms with Crippen LogP contribution in [0.3, 0.4) is 0 Å². The van der Waals surface area contributed by atoms with Crippen LogP contribution in [0.4, 0.5) is 0 Å². The molecule has 5 heterocycles. The van der Waals surface area contributed by atoms with Crippen LogP contribution in [-0.2, 0) is 0 Å².